The molecule has 1 N–H and O–H groups in total. The van der Waals surface area contributed by atoms with Crippen molar-refractivity contribution in [2.24, 2.45) is 0 Å². The molecule has 0 saturated heterocycles. The lowest BCUT2D eigenvalue weighted by Gasteiger charge is -2.14. The molecule has 0 radical (unpaired) electrons. The fourth-order valence-electron chi connectivity index (χ4n) is 3.79. The van der Waals surface area contributed by atoms with Crippen LogP contribution >= 0.6 is 11.8 Å². The minimum absolute atomic E-state index is 0.0699. The normalized spacial score (nSPS) is 12.3. The number of nitrogens with one attached hydrogen (secondary N) is 1. The maximum Gasteiger partial charge on any atom is 0.262 e. The predicted molar refractivity (Wildman–Crippen MR) is 128 cm³/mol. The highest BCUT2D eigenvalue weighted by atomic mass is 32.2. The number of hydrogen-bond acceptors (Lipinski definition) is 5. The van der Waals surface area contributed by atoms with Crippen molar-refractivity contribution in [3.63, 3.8) is 0 Å². The van der Waals surface area contributed by atoms with Gasteiger partial charge >= 0.3 is 0 Å². The van der Waals surface area contributed by atoms with Crippen molar-refractivity contribution < 1.29 is 4.79 Å². The Morgan fingerprint density at radius 1 is 1.09 bits per heavy atom. The number of benzene rings is 2. The van der Waals surface area contributed by atoms with Crippen LogP contribution in [0.2, 0.25) is 0 Å². The molecule has 0 aliphatic heterocycles. The molecule has 0 saturated carbocycles. The summed E-state index contributed by atoms with van der Waals surface area (Å²) in [5.41, 5.74) is 3.02. The minimum Gasteiger partial charge on any atom is -0.349 e. The molecular formula is C24H27N5O2S. The van der Waals surface area contributed by atoms with Crippen LogP contribution in [0.5, 0.6) is 0 Å². The van der Waals surface area contributed by atoms with Gasteiger partial charge in [0, 0.05) is 6.54 Å². The third-order valence-electron chi connectivity index (χ3n) is 5.52. The molecule has 0 fully saturated rings. The second-order valence-corrected chi connectivity index (χ2v) is 8.71. The molecular weight excluding hydrogens is 422 g/mol. The summed E-state index contributed by atoms with van der Waals surface area (Å²) in [5, 5.41) is 12.8. The first-order chi connectivity index (χ1) is 15.5. The maximum atomic E-state index is 12.9. The Kier molecular flexibility index (Phi) is 6.60. The Labute approximate surface area is 190 Å². The predicted octanol–water partition coefficient (Wildman–Crippen LogP) is 3.99. The van der Waals surface area contributed by atoms with E-state index in [9.17, 15) is 9.59 Å². The molecule has 32 heavy (non-hydrogen) atoms. The number of rotatable bonds is 8. The van der Waals surface area contributed by atoms with Crippen LogP contribution in [0.1, 0.15) is 44.4 Å². The molecule has 4 rings (SSSR count). The van der Waals surface area contributed by atoms with Crippen LogP contribution in [-0.4, -0.2) is 30.8 Å². The molecule has 1 atom stereocenters. The molecule has 166 valence electrons. The summed E-state index contributed by atoms with van der Waals surface area (Å²) in [7, 11) is 0. The zero-order valence-corrected chi connectivity index (χ0v) is 19.4. The molecule has 2 heterocycles. The van der Waals surface area contributed by atoms with Gasteiger partial charge in [0.1, 0.15) is 0 Å². The van der Waals surface area contributed by atoms with Gasteiger partial charge in [-0.15, -0.1) is 10.2 Å². The number of aromatic nitrogens is 4. The standard InChI is InChI=1S/C24H27N5O2S/c1-4-14-28-22(31)19-8-6-7-9-20(19)29-23(28)26-27-24(29)32-15-21(30)25-16(3)18-12-10-17(5-2)11-13-18/h6-13,16H,4-5,14-15H2,1-3H3,(H,25,30). The summed E-state index contributed by atoms with van der Waals surface area (Å²) in [4.78, 5) is 25.5. The maximum absolute atomic E-state index is 12.9. The molecule has 2 aromatic heterocycles. The van der Waals surface area contributed by atoms with Crippen LogP contribution in [0.4, 0.5) is 0 Å². The number of thioether (sulfide) groups is 1. The van der Waals surface area contributed by atoms with E-state index >= 15 is 0 Å². The number of aryl methyl sites for hydroxylation is 2. The number of para-hydroxylation sites is 1. The molecule has 0 aliphatic carbocycles. The molecule has 7 nitrogen and oxygen atoms in total. The number of nitrogens with zero attached hydrogens (tertiary/aromatic N) is 4. The van der Waals surface area contributed by atoms with Gasteiger partial charge in [-0.25, -0.2) is 0 Å². The van der Waals surface area contributed by atoms with Gasteiger partial charge in [-0.05, 0) is 43.0 Å². The lowest BCUT2D eigenvalue weighted by atomic mass is 10.1. The Morgan fingerprint density at radius 2 is 1.84 bits per heavy atom. The van der Waals surface area contributed by atoms with E-state index in [2.05, 4.69) is 46.7 Å². The Balaban J connectivity index is 1.55. The summed E-state index contributed by atoms with van der Waals surface area (Å²) in [6.07, 6.45) is 1.80. The largest absolute Gasteiger partial charge is 0.349 e. The summed E-state index contributed by atoms with van der Waals surface area (Å²) >= 11 is 1.32. The number of fused-ring (bicyclic) bond motifs is 3. The number of hydrogen-bond donors (Lipinski definition) is 1. The van der Waals surface area contributed by atoms with Crippen molar-refractivity contribution >= 4 is 34.3 Å². The second kappa shape index (κ2) is 9.56. The fraction of sp³-hybridized carbons (Fsp3) is 0.333. The zero-order valence-electron chi connectivity index (χ0n) is 18.5. The molecule has 4 aromatic rings. The number of carbonyl (C=O) groups excluding carboxylic acids is 1. The van der Waals surface area contributed by atoms with Gasteiger partial charge in [-0.1, -0.05) is 62.0 Å². The second-order valence-electron chi connectivity index (χ2n) is 7.76. The monoisotopic (exact) mass is 449 g/mol. The first-order valence-corrected chi connectivity index (χ1v) is 11.9. The smallest absolute Gasteiger partial charge is 0.262 e. The SMILES string of the molecule is CCCn1c(=O)c2ccccc2n2c(SCC(=O)NC(C)c3ccc(CC)cc3)nnc12. The van der Waals surface area contributed by atoms with E-state index in [1.54, 1.807) is 4.57 Å². The average molecular weight is 450 g/mol. The minimum atomic E-state index is -0.0836. The summed E-state index contributed by atoms with van der Waals surface area (Å²) in [6.45, 7) is 6.68. The summed E-state index contributed by atoms with van der Waals surface area (Å²) in [5.74, 6) is 0.632. The number of carbonyl (C=O) groups is 1. The summed E-state index contributed by atoms with van der Waals surface area (Å²) in [6, 6.07) is 15.7. The van der Waals surface area contributed by atoms with Gasteiger partial charge < -0.3 is 5.32 Å². The van der Waals surface area contributed by atoms with Gasteiger partial charge in [0.2, 0.25) is 11.7 Å². The highest BCUT2D eigenvalue weighted by Crippen LogP contribution is 2.22. The molecule has 1 unspecified atom stereocenters. The van der Waals surface area contributed by atoms with Gasteiger partial charge in [0.25, 0.3) is 5.56 Å². The van der Waals surface area contributed by atoms with Gasteiger partial charge in [0.05, 0.1) is 22.7 Å². The van der Waals surface area contributed by atoms with Crippen molar-refractivity contribution in [2.45, 2.75) is 51.4 Å². The van der Waals surface area contributed by atoms with E-state index in [1.165, 1.54) is 17.3 Å². The Hall–Kier alpha value is -3.13. The van der Waals surface area contributed by atoms with Crippen molar-refractivity contribution in [2.75, 3.05) is 5.75 Å². The highest BCUT2D eigenvalue weighted by Gasteiger charge is 2.18. The van der Waals surface area contributed by atoms with Gasteiger partial charge in [0.15, 0.2) is 5.16 Å². The van der Waals surface area contributed by atoms with Crippen LogP contribution in [-0.2, 0) is 17.8 Å². The van der Waals surface area contributed by atoms with E-state index in [0.717, 1.165) is 23.9 Å². The van der Waals surface area contributed by atoms with E-state index in [1.807, 2.05) is 42.5 Å². The van der Waals surface area contributed by atoms with Crippen LogP contribution in [0.25, 0.3) is 16.7 Å². The molecule has 0 spiro atoms. The van der Waals surface area contributed by atoms with Crippen LogP contribution in [0.3, 0.4) is 0 Å². The highest BCUT2D eigenvalue weighted by molar-refractivity contribution is 7.99. The third kappa shape index (κ3) is 4.27. The van der Waals surface area contributed by atoms with E-state index in [0.29, 0.717) is 22.9 Å². The van der Waals surface area contributed by atoms with Crippen LogP contribution in [0.15, 0.2) is 58.5 Å². The van der Waals surface area contributed by atoms with Crippen molar-refractivity contribution in [1.82, 2.24) is 24.5 Å². The quantitative estimate of drug-likeness (QED) is 0.412. The lowest BCUT2D eigenvalue weighted by molar-refractivity contribution is -0.119. The van der Waals surface area contributed by atoms with Crippen molar-refractivity contribution in [3.05, 3.63) is 70.0 Å². The Morgan fingerprint density at radius 3 is 2.56 bits per heavy atom. The van der Waals surface area contributed by atoms with Crippen LogP contribution < -0.4 is 10.9 Å². The Bertz CT molecular complexity index is 1310. The van der Waals surface area contributed by atoms with E-state index < -0.39 is 0 Å². The molecule has 8 heteroatoms. The fourth-order valence-corrected chi connectivity index (χ4v) is 4.54. The van der Waals surface area contributed by atoms with E-state index in [-0.39, 0.29) is 23.3 Å². The van der Waals surface area contributed by atoms with Crippen molar-refractivity contribution in [1.29, 1.82) is 0 Å². The first-order valence-electron chi connectivity index (χ1n) is 10.9. The molecule has 0 bridgehead atoms. The van der Waals surface area contributed by atoms with Gasteiger partial charge in [-0.2, -0.15) is 0 Å². The van der Waals surface area contributed by atoms with Crippen LogP contribution in [0, 0.1) is 0 Å². The average Bonchev–Trinajstić information content (AvgIpc) is 3.24. The van der Waals surface area contributed by atoms with E-state index in [4.69, 9.17) is 0 Å². The molecule has 1 amide bonds. The lowest BCUT2D eigenvalue weighted by Crippen LogP contribution is -2.28. The zero-order chi connectivity index (χ0) is 22.7. The summed E-state index contributed by atoms with van der Waals surface area (Å²) < 4.78 is 3.53. The topological polar surface area (TPSA) is 81.3 Å². The van der Waals surface area contributed by atoms with Gasteiger partial charge in [-0.3, -0.25) is 18.6 Å². The molecule has 0 aliphatic rings. The number of amides is 1. The van der Waals surface area contributed by atoms with Crippen molar-refractivity contribution in [3.8, 4) is 0 Å². The first kappa shape index (κ1) is 22.1. The third-order valence-corrected chi connectivity index (χ3v) is 6.45. The molecule has 2 aromatic carbocycles.